The van der Waals surface area contributed by atoms with Crippen LogP contribution in [0.5, 0.6) is 0 Å². The van der Waals surface area contributed by atoms with Gasteiger partial charge in [0.05, 0.1) is 5.56 Å². The molecule has 0 aromatic heterocycles. The number of hydrogen-bond acceptors (Lipinski definition) is 2. The van der Waals surface area contributed by atoms with Crippen LogP contribution in [-0.4, -0.2) is 18.5 Å². The molecule has 0 aliphatic heterocycles. The highest BCUT2D eigenvalue weighted by Gasteiger charge is 2.27. The molecule has 0 heterocycles. The highest BCUT2D eigenvalue weighted by molar-refractivity contribution is 5.94. The number of nitrogens with one attached hydrogen (secondary N) is 1. The van der Waals surface area contributed by atoms with Gasteiger partial charge in [0.25, 0.3) is 5.91 Å². The third kappa shape index (κ3) is 3.89. The van der Waals surface area contributed by atoms with E-state index in [1.54, 1.807) is 0 Å². The fourth-order valence-corrected chi connectivity index (χ4v) is 2.63. The maximum Gasteiger partial charge on any atom is 0.254 e. The molecule has 1 aromatic carbocycles. The molecule has 2 atom stereocenters. The van der Waals surface area contributed by atoms with Crippen LogP contribution in [-0.2, 0) is 0 Å². The first-order valence-corrected chi connectivity index (χ1v) is 6.69. The third-order valence-electron chi connectivity index (χ3n) is 3.81. The number of nitrogens with two attached hydrogens (primary N) is 1. The van der Waals surface area contributed by atoms with Crippen molar-refractivity contribution in [1.82, 2.24) is 5.32 Å². The lowest BCUT2D eigenvalue weighted by molar-refractivity contribution is 0.0902. The molecule has 0 bridgehead atoms. The normalized spacial score (nSPS) is 21.5. The van der Waals surface area contributed by atoms with Crippen molar-refractivity contribution in [3.63, 3.8) is 0 Å². The molecule has 1 aromatic rings. The van der Waals surface area contributed by atoms with Crippen molar-refractivity contribution >= 4 is 18.3 Å². The number of carbonyl (C=O) groups is 1. The van der Waals surface area contributed by atoms with Gasteiger partial charge in [-0.2, -0.15) is 0 Å². The third-order valence-corrected chi connectivity index (χ3v) is 3.81. The minimum Gasteiger partial charge on any atom is -0.349 e. The number of halogens is 4. The summed E-state index contributed by atoms with van der Waals surface area (Å²) in [5.41, 5.74) is 5.17. The van der Waals surface area contributed by atoms with E-state index in [0.717, 1.165) is 37.8 Å². The molecule has 3 N–H and O–H groups in total. The van der Waals surface area contributed by atoms with Crippen molar-refractivity contribution in [3.05, 3.63) is 35.1 Å². The highest BCUT2D eigenvalue weighted by atomic mass is 35.5. The molecule has 3 nitrogen and oxygen atoms in total. The van der Waals surface area contributed by atoms with E-state index in [9.17, 15) is 18.0 Å². The predicted molar refractivity (Wildman–Crippen MR) is 75.8 cm³/mol. The Kier molecular flexibility index (Phi) is 6.48. The van der Waals surface area contributed by atoms with Gasteiger partial charge in [-0.1, -0.05) is 12.8 Å². The quantitative estimate of drug-likeness (QED) is 0.841. The SMILES string of the molecule is Cl.NCC1CCCCC1NC(=O)c1ccc(F)c(F)c1F. The van der Waals surface area contributed by atoms with E-state index in [0.29, 0.717) is 6.54 Å². The van der Waals surface area contributed by atoms with Crippen molar-refractivity contribution in [2.75, 3.05) is 6.54 Å². The topological polar surface area (TPSA) is 55.1 Å². The van der Waals surface area contributed by atoms with E-state index < -0.39 is 28.9 Å². The van der Waals surface area contributed by atoms with Crippen LogP contribution in [0.2, 0.25) is 0 Å². The summed E-state index contributed by atoms with van der Waals surface area (Å²) in [6.45, 7) is 0.436. The molecule has 1 amide bonds. The van der Waals surface area contributed by atoms with E-state index >= 15 is 0 Å². The van der Waals surface area contributed by atoms with Crippen LogP contribution in [0.15, 0.2) is 12.1 Å². The van der Waals surface area contributed by atoms with Gasteiger partial charge in [0.1, 0.15) is 0 Å². The van der Waals surface area contributed by atoms with E-state index in [4.69, 9.17) is 5.73 Å². The summed E-state index contributed by atoms with van der Waals surface area (Å²) in [5, 5.41) is 2.68. The molecule has 118 valence electrons. The van der Waals surface area contributed by atoms with Gasteiger partial charge in [0.2, 0.25) is 0 Å². The minimum atomic E-state index is -1.63. The van der Waals surface area contributed by atoms with E-state index in [1.165, 1.54) is 0 Å². The Morgan fingerprint density at radius 2 is 1.86 bits per heavy atom. The lowest BCUT2D eigenvalue weighted by Crippen LogP contribution is -2.45. The fourth-order valence-electron chi connectivity index (χ4n) is 2.63. The molecule has 7 heteroatoms. The Hall–Kier alpha value is -1.27. The van der Waals surface area contributed by atoms with Gasteiger partial charge >= 0.3 is 0 Å². The lowest BCUT2D eigenvalue weighted by Gasteiger charge is -2.31. The number of hydrogen-bond donors (Lipinski definition) is 2. The summed E-state index contributed by atoms with van der Waals surface area (Å²) < 4.78 is 39.5. The molecule has 21 heavy (non-hydrogen) atoms. The van der Waals surface area contributed by atoms with Crippen LogP contribution >= 0.6 is 12.4 Å². The zero-order chi connectivity index (χ0) is 14.7. The smallest absolute Gasteiger partial charge is 0.254 e. The molecular weight excluding hydrogens is 305 g/mol. The monoisotopic (exact) mass is 322 g/mol. The van der Waals surface area contributed by atoms with Crippen molar-refractivity contribution in [2.45, 2.75) is 31.7 Å². The summed E-state index contributed by atoms with van der Waals surface area (Å²) in [4.78, 5) is 12.0. The molecule has 2 unspecified atom stereocenters. The van der Waals surface area contributed by atoms with E-state index in [2.05, 4.69) is 5.32 Å². The maximum absolute atomic E-state index is 13.5. The van der Waals surface area contributed by atoms with Crippen molar-refractivity contribution < 1.29 is 18.0 Å². The predicted octanol–water partition coefficient (Wildman–Crippen LogP) is 2.77. The molecule has 1 aliphatic rings. The number of benzene rings is 1. The van der Waals surface area contributed by atoms with Crippen LogP contribution in [0.1, 0.15) is 36.0 Å². The minimum absolute atomic E-state index is 0. The Balaban J connectivity index is 0.00000220. The Labute approximate surface area is 127 Å². The second-order valence-corrected chi connectivity index (χ2v) is 5.08. The van der Waals surface area contributed by atoms with Crippen LogP contribution in [0.25, 0.3) is 0 Å². The zero-order valence-electron chi connectivity index (χ0n) is 11.4. The summed E-state index contributed by atoms with van der Waals surface area (Å²) in [6, 6.07) is 1.55. The van der Waals surface area contributed by atoms with E-state index in [1.807, 2.05) is 0 Å². The van der Waals surface area contributed by atoms with Crippen LogP contribution in [0, 0.1) is 23.4 Å². The number of amides is 1. The first kappa shape index (κ1) is 17.8. The summed E-state index contributed by atoms with van der Waals surface area (Å²) in [6.07, 6.45) is 3.68. The average Bonchev–Trinajstić information content (AvgIpc) is 2.45. The van der Waals surface area contributed by atoms with Crippen molar-refractivity contribution in [1.29, 1.82) is 0 Å². The lowest BCUT2D eigenvalue weighted by atomic mass is 9.84. The second kappa shape index (κ2) is 7.66. The average molecular weight is 323 g/mol. The molecule has 1 fully saturated rings. The summed E-state index contributed by atoms with van der Waals surface area (Å²) in [7, 11) is 0. The second-order valence-electron chi connectivity index (χ2n) is 5.08. The van der Waals surface area contributed by atoms with Gasteiger partial charge < -0.3 is 11.1 Å². The molecule has 1 aliphatic carbocycles. The fraction of sp³-hybridized carbons (Fsp3) is 0.500. The standard InChI is InChI=1S/C14H17F3N2O.ClH/c15-10-6-5-9(12(16)13(10)17)14(20)19-11-4-2-1-3-8(11)7-18;/h5-6,8,11H,1-4,7,18H2,(H,19,20);1H. The zero-order valence-corrected chi connectivity index (χ0v) is 12.2. The van der Waals surface area contributed by atoms with Gasteiger partial charge in [-0.25, -0.2) is 13.2 Å². The van der Waals surface area contributed by atoms with Gasteiger partial charge in [0, 0.05) is 6.04 Å². The first-order valence-electron chi connectivity index (χ1n) is 6.69. The molecule has 0 spiro atoms. The van der Waals surface area contributed by atoms with Gasteiger partial charge in [-0.3, -0.25) is 4.79 Å². The maximum atomic E-state index is 13.5. The highest BCUT2D eigenvalue weighted by Crippen LogP contribution is 2.24. The number of rotatable bonds is 3. The number of carbonyl (C=O) groups excluding carboxylic acids is 1. The molecule has 1 saturated carbocycles. The molecule has 0 saturated heterocycles. The molecular formula is C14H18ClF3N2O. The Morgan fingerprint density at radius 3 is 2.52 bits per heavy atom. The largest absolute Gasteiger partial charge is 0.349 e. The summed E-state index contributed by atoms with van der Waals surface area (Å²) >= 11 is 0. The van der Waals surface area contributed by atoms with Crippen molar-refractivity contribution in [2.24, 2.45) is 11.7 Å². The van der Waals surface area contributed by atoms with Crippen LogP contribution in [0.3, 0.4) is 0 Å². The van der Waals surface area contributed by atoms with E-state index in [-0.39, 0.29) is 24.4 Å². The van der Waals surface area contributed by atoms with Crippen LogP contribution in [0.4, 0.5) is 13.2 Å². The molecule has 0 radical (unpaired) electrons. The van der Waals surface area contributed by atoms with Gasteiger partial charge in [-0.15, -0.1) is 12.4 Å². The van der Waals surface area contributed by atoms with Gasteiger partial charge in [0.15, 0.2) is 17.5 Å². The van der Waals surface area contributed by atoms with Crippen LogP contribution < -0.4 is 11.1 Å². The summed E-state index contributed by atoms with van der Waals surface area (Å²) in [5.74, 6) is -4.98. The Morgan fingerprint density at radius 1 is 1.19 bits per heavy atom. The van der Waals surface area contributed by atoms with Gasteiger partial charge in [-0.05, 0) is 37.4 Å². The Bertz CT molecular complexity index is 513. The molecule has 2 rings (SSSR count). The van der Waals surface area contributed by atoms with Crippen molar-refractivity contribution in [3.8, 4) is 0 Å². The first-order chi connectivity index (χ1) is 9.54.